The Labute approximate surface area is 82.5 Å². The number of hydrogen-bond acceptors (Lipinski definition) is 3. The van der Waals surface area contributed by atoms with Gasteiger partial charge in [-0.2, -0.15) is 0 Å². The predicted molar refractivity (Wildman–Crippen MR) is 57.4 cm³/mol. The summed E-state index contributed by atoms with van der Waals surface area (Å²) in [6.07, 6.45) is 1.83. The van der Waals surface area contributed by atoms with Crippen LogP contribution in [-0.2, 0) is 0 Å². The van der Waals surface area contributed by atoms with E-state index in [1.807, 2.05) is 12.3 Å². The van der Waals surface area contributed by atoms with Gasteiger partial charge in [0.1, 0.15) is 5.04 Å². The number of aliphatic imine (C=N–C) groups is 1. The first-order chi connectivity index (χ1) is 6.27. The summed E-state index contributed by atoms with van der Waals surface area (Å²) in [5.74, 6) is 1.09. The quantitative estimate of drug-likeness (QED) is 0.682. The highest BCUT2D eigenvalue weighted by Crippen LogP contribution is 2.23. The molecule has 2 rings (SSSR count). The lowest BCUT2D eigenvalue weighted by Gasteiger charge is -2.01. The molecule has 1 atom stereocenters. The number of rotatable bonds is 1. The van der Waals surface area contributed by atoms with Gasteiger partial charge in [-0.25, -0.2) is 0 Å². The van der Waals surface area contributed by atoms with E-state index >= 15 is 0 Å². The number of pyridine rings is 1. The molecule has 0 saturated heterocycles. The fraction of sp³-hybridized carbons (Fsp3) is 0.400. The highest BCUT2D eigenvalue weighted by Gasteiger charge is 2.17. The number of hydrogen-bond donors (Lipinski definition) is 0. The molecule has 1 aliphatic rings. The Kier molecular flexibility index (Phi) is 2.36. The van der Waals surface area contributed by atoms with Gasteiger partial charge in [0.15, 0.2) is 0 Å². The van der Waals surface area contributed by atoms with Crippen LogP contribution in [-0.4, -0.2) is 21.8 Å². The summed E-state index contributed by atoms with van der Waals surface area (Å²) < 4.78 is 0. The summed E-state index contributed by atoms with van der Waals surface area (Å²) in [4.78, 5) is 8.88. The van der Waals surface area contributed by atoms with Gasteiger partial charge in [0.2, 0.25) is 0 Å². The maximum atomic E-state index is 4.54. The van der Waals surface area contributed by atoms with Crippen LogP contribution in [0.15, 0.2) is 23.3 Å². The summed E-state index contributed by atoms with van der Waals surface area (Å²) in [6.45, 7) is 4.21. The van der Waals surface area contributed by atoms with Gasteiger partial charge < -0.3 is 0 Å². The molecular weight excluding hydrogens is 180 g/mol. The van der Waals surface area contributed by atoms with Crippen molar-refractivity contribution < 1.29 is 0 Å². The van der Waals surface area contributed by atoms with Gasteiger partial charge in [-0.15, -0.1) is 11.8 Å². The molecule has 3 heteroatoms. The average Bonchev–Trinajstić information content (AvgIpc) is 2.53. The molecule has 0 fully saturated rings. The van der Waals surface area contributed by atoms with E-state index in [1.165, 1.54) is 5.56 Å². The first kappa shape index (κ1) is 8.75. The molecule has 68 valence electrons. The minimum absolute atomic E-state index is 0.446. The Bertz CT molecular complexity index is 347. The summed E-state index contributed by atoms with van der Waals surface area (Å²) in [5.41, 5.74) is 2.26. The molecule has 0 radical (unpaired) electrons. The van der Waals surface area contributed by atoms with Gasteiger partial charge >= 0.3 is 0 Å². The van der Waals surface area contributed by atoms with Crippen molar-refractivity contribution in [2.24, 2.45) is 4.99 Å². The molecule has 0 spiro atoms. The van der Waals surface area contributed by atoms with Gasteiger partial charge in [-0.3, -0.25) is 9.98 Å². The number of aryl methyl sites for hydroxylation is 1. The fourth-order valence-corrected chi connectivity index (χ4v) is 2.39. The molecule has 0 N–H and O–H groups in total. The lowest BCUT2D eigenvalue weighted by molar-refractivity contribution is 0.864. The van der Waals surface area contributed by atoms with E-state index in [1.54, 1.807) is 11.8 Å². The maximum Gasteiger partial charge on any atom is 0.117 e. The highest BCUT2D eigenvalue weighted by atomic mass is 32.2. The van der Waals surface area contributed by atoms with Crippen molar-refractivity contribution in [2.75, 3.05) is 5.75 Å². The third-order valence-electron chi connectivity index (χ3n) is 2.01. The minimum Gasteiger partial charge on any atom is -0.272 e. The zero-order chi connectivity index (χ0) is 9.26. The smallest absolute Gasteiger partial charge is 0.117 e. The van der Waals surface area contributed by atoms with E-state index in [0.29, 0.717) is 6.04 Å². The van der Waals surface area contributed by atoms with Gasteiger partial charge in [0.05, 0.1) is 11.7 Å². The molecular formula is C10H12N2S. The van der Waals surface area contributed by atoms with Crippen molar-refractivity contribution in [1.82, 2.24) is 4.98 Å². The van der Waals surface area contributed by atoms with Gasteiger partial charge in [0.25, 0.3) is 0 Å². The predicted octanol–water partition coefficient (Wildman–Crippen LogP) is 2.27. The van der Waals surface area contributed by atoms with Crippen LogP contribution >= 0.6 is 11.8 Å². The van der Waals surface area contributed by atoms with E-state index in [-0.39, 0.29) is 0 Å². The fourth-order valence-electron chi connectivity index (χ4n) is 1.31. The van der Waals surface area contributed by atoms with Gasteiger partial charge in [-0.05, 0) is 25.5 Å². The molecule has 0 unspecified atom stereocenters. The van der Waals surface area contributed by atoms with Crippen LogP contribution in [0.4, 0.5) is 0 Å². The topological polar surface area (TPSA) is 25.2 Å². The average molecular weight is 192 g/mol. The molecule has 0 aliphatic carbocycles. The van der Waals surface area contributed by atoms with Crippen molar-refractivity contribution in [1.29, 1.82) is 0 Å². The summed E-state index contributed by atoms with van der Waals surface area (Å²) >= 11 is 1.81. The lowest BCUT2D eigenvalue weighted by atomic mass is 10.2. The Balaban J connectivity index is 2.36. The highest BCUT2D eigenvalue weighted by molar-refractivity contribution is 8.14. The van der Waals surface area contributed by atoms with Crippen LogP contribution in [0.2, 0.25) is 0 Å². The van der Waals surface area contributed by atoms with Crippen molar-refractivity contribution in [3.05, 3.63) is 29.6 Å². The Morgan fingerprint density at radius 1 is 1.54 bits per heavy atom. The molecule has 2 heterocycles. The Morgan fingerprint density at radius 3 is 3.00 bits per heavy atom. The third-order valence-corrected chi connectivity index (χ3v) is 3.23. The molecule has 2 nitrogen and oxygen atoms in total. The van der Waals surface area contributed by atoms with Crippen LogP contribution in [0.5, 0.6) is 0 Å². The monoisotopic (exact) mass is 192 g/mol. The van der Waals surface area contributed by atoms with Gasteiger partial charge in [-0.1, -0.05) is 6.07 Å². The summed E-state index contributed by atoms with van der Waals surface area (Å²) in [7, 11) is 0. The second-order valence-corrected chi connectivity index (χ2v) is 4.27. The van der Waals surface area contributed by atoms with Crippen LogP contribution in [0.1, 0.15) is 18.2 Å². The van der Waals surface area contributed by atoms with Crippen molar-refractivity contribution in [2.45, 2.75) is 19.9 Å². The molecule has 1 aromatic rings. The van der Waals surface area contributed by atoms with Crippen molar-refractivity contribution in [3.63, 3.8) is 0 Å². The maximum absolute atomic E-state index is 4.54. The Hall–Kier alpha value is -0.830. The number of aromatic nitrogens is 1. The zero-order valence-electron chi connectivity index (χ0n) is 7.82. The standard InChI is InChI=1S/C10H12N2S/c1-7-4-3-5-11-9(7)10-12-8(2)6-13-10/h3-5,8H,6H2,1-2H3/t8-/m1/s1. The SMILES string of the molecule is Cc1cccnc1C1=N[C@H](C)CS1. The zero-order valence-corrected chi connectivity index (χ0v) is 8.64. The van der Waals surface area contributed by atoms with Gasteiger partial charge in [0, 0.05) is 11.9 Å². The first-order valence-corrected chi connectivity index (χ1v) is 5.38. The molecule has 0 saturated carbocycles. The largest absolute Gasteiger partial charge is 0.272 e. The lowest BCUT2D eigenvalue weighted by Crippen LogP contribution is -1.99. The second-order valence-electron chi connectivity index (χ2n) is 3.26. The molecule has 0 aromatic carbocycles. The van der Waals surface area contributed by atoms with Crippen molar-refractivity contribution >= 4 is 16.8 Å². The Morgan fingerprint density at radius 2 is 2.38 bits per heavy atom. The van der Waals surface area contributed by atoms with Crippen LogP contribution < -0.4 is 0 Å². The van der Waals surface area contributed by atoms with Crippen LogP contribution in [0, 0.1) is 6.92 Å². The first-order valence-electron chi connectivity index (χ1n) is 4.40. The molecule has 13 heavy (non-hydrogen) atoms. The van der Waals surface area contributed by atoms with Crippen LogP contribution in [0.3, 0.4) is 0 Å². The number of nitrogens with zero attached hydrogens (tertiary/aromatic N) is 2. The van der Waals surface area contributed by atoms with Crippen LogP contribution in [0.25, 0.3) is 0 Å². The molecule has 1 aromatic heterocycles. The van der Waals surface area contributed by atoms with E-state index in [9.17, 15) is 0 Å². The molecule has 0 amide bonds. The van der Waals surface area contributed by atoms with E-state index < -0.39 is 0 Å². The van der Waals surface area contributed by atoms with Crippen molar-refractivity contribution in [3.8, 4) is 0 Å². The normalized spacial score (nSPS) is 21.7. The molecule has 1 aliphatic heterocycles. The van der Waals surface area contributed by atoms with E-state index in [2.05, 4.69) is 29.9 Å². The second kappa shape index (κ2) is 3.50. The summed E-state index contributed by atoms with van der Waals surface area (Å²) in [5, 5.41) is 1.10. The third kappa shape index (κ3) is 1.75. The minimum atomic E-state index is 0.446. The van der Waals surface area contributed by atoms with E-state index in [0.717, 1.165) is 16.5 Å². The molecule has 0 bridgehead atoms. The summed E-state index contributed by atoms with van der Waals surface area (Å²) in [6, 6.07) is 4.48. The van der Waals surface area contributed by atoms with E-state index in [4.69, 9.17) is 0 Å². The number of thioether (sulfide) groups is 1.